The van der Waals surface area contributed by atoms with Gasteiger partial charge in [-0.25, -0.2) is 0 Å². The van der Waals surface area contributed by atoms with Gasteiger partial charge in [-0.3, -0.25) is 4.79 Å². The van der Waals surface area contributed by atoms with E-state index in [9.17, 15) is 4.79 Å². The second-order valence-electron chi connectivity index (χ2n) is 4.14. The molecule has 0 N–H and O–H groups in total. The molecule has 1 fully saturated rings. The summed E-state index contributed by atoms with van der Waals surface area (Å²) in [6, 6.07) is 5.82. The fourth-order valence-corrected chi connectivity index (χ4v) is 2.73. The van der Waals surface area contributed by atoms with Gasteiger partial charge in [0, 0.05) is 11.9 Å². The smallest absolute Gasteiger partial charge is 0.237 e. The van der Waals surface area contributed by atoms with Gasteiger partial charge in [0.1, 0.15) is 18.5 Å². The molecule has 2 aliphatic rings. The van der Waals surface area contributed by atoms with Crippen molar-refractivity contribution in [3.05, 3.63) is 18.2 Å². The molecule has 2 heterocycles. The van der Waals surface area contributed by atoms with Crippen molar-refractivity contribution in [3.63, 3.8) is 0 Å². The number of carbonyl (C=O) groups is 1. The summed E-state index contributed by atoms with van der Waals surface area (Å²) >= 11 is 1.56. The van der Waals surface area contributed by atoms with E-state index in [4.69, 9.17) is 9.47 Å². The van der Waals surface area contributed by atoms with Gasteiger partial charge in [-0.1, -0.05) is 0 Å². The van der Waals surface area contributed by atoms with Gasteiger partial charge in [0.2, 0.25) is 5.91 Å². The van der Waals surface area contributed by atoms with Crippen molar-refractivity contribution in [1.29, 1.82) is 0 Å². The number of fused-ring (bicyclic) bond motifs is 1. The van der Waals surface area contributed by atoms with Crippen LogP contribution in [0.3, 0.4) is 0 Å². The van der Waals surface area contributed by atoms with E-state index < -0.39 is 0 Å². The van der Waals surface area contributed by atoms with Gasteiger partial charge in [0.05, 0.1) is 18.0 Å². The van der Waals surface area contributed by atoms with E-state index in [-0.39, 0.29) is 12.0 Å². The number of thioether (sulfide) groups is 1. The number of hydrogen-bond donors (Lipinski definition) is 0. The maximum absolute atomic E-state index is 11.5. The number of carbonyl (C=O) groups excluding carboxylic acids is 1. The molecule has 0 spiro atoms. The van der Waals surface area contributed by atoms with E-state index in [1.54, 1.807) is 23.7 Å². The highest BCUT2D eigenvalue weighted by atomic mass is 32.2. The summed E-state index contributed by atoms with van der Waals surface area (Å²) in [5, 5.41) is 0. The van der Waals surface area contributed by atoms with Crippen LogP contribution in [-0.2, 0) is 9.53 Å². The Morgan fingerprint density at radius 3 is 3.18 bits per heavy atom. The van der Waals surface area contributed by atoms with Gasteiger partial charge in [0.15, 0.2) is 0 Å². The van der Waals surface area contributed by atoms with Gasteiger partial charge in [-0.15, -0.1) is 11.8 Å². The molecule has 0 bridgehead atoms. The maximum Gasteiger partial charge on any atom is 0.237 e. The second kappa shape index (κ2) is 4.23. The minimum atomic E-state index is 0.141. The molecule has 5 heteroatoms. The van der Waals surface area contributed by atoms with Crippen molar-refractivity contribution in [2.75, 3.05) is 30.9 Å². The molecule has 0 radical (unpaired) electrons. The lowest BCUT2D eigenvalue weighted by Crippen LogP contribution is -2.31. The number of amides is 1. The zero-order valence-electron chi connectivity index (χ0n) is 9.51. The van der Waals surface area contributed by atoms with E-state index in [2.05, 4.69) is 0 Å². The quantitative estimate of drug-likeness (QED) is 0.764. The Morgan fingerprint density at radius 1 is 1.59 bits per heavy atom. The number of ether oxygens (including phenoxy) is 2. The van der Waals surface area contributed by atoms with Gasteiger partial charge >= 0.3 is 0 Å². The number of anilines is 1. The highest BCUT2D eigenvalue weighted by molar-refractivity contribution is 8.00. The van der Waals surface area contributed by atoms with Gasteiger partial charge in [0.25, 0.3) is 0 Å². The summed E-state index contributed by atoms with van der Waals surface area (Å²) in [6.45, 7) is 1.41. The van der Waals surface area contributed by atoms with Crippen molar-refractivity contribution >= 4 is 23.4 Å². The summed E-state index contributed by atoms with van der Waals surface area (Å²) < 4.78 is 10.7. The second-order valence-corrected chi connectivity index (χ2v) is 5.15. The Balaban J connectivity index is 1.78. The fourth-order valence-electron chi connectivity index (χ4n) is 1.70. The number of rotatable bonds is 3. The van der Waals surface area contributed by atoms with E-state index in [0.717, 1.165) is 22.9 Å². The van der Waals surface area contributed by atoms with E-state index >= 15 is 0 Å². The molecule has 0 aliphatic carbocycles. The maximum atomic E-state index is 11.5. The Hall–Kier alpha value is -1.20. The minimum absolute atomic E-state index is 0.141. The highest BCUT2D eigenvalue weighted by Gasteiger charge is 2.24. The summed E-state index contributed by atoms with van der Waals surface area (Å²) in [4.78, 5) is 14.3. The van der Waals surface area contributed by atoms with Crippen LogP contribution in [0.15, 0.2) is 23.1 Å². The molecule has 0 saturated carbocycles. The van der Waals surface area contributed by atoms with Crippen LogP contribution >= 0.6 is 11.8 Å². The van der Waals surface area contributed by atoms with Gasteiger partial charge in [-0.2, -0.15) is 0 Å². The summed E-state index contributed by atoms with van der Waals surface area (Å²) in [6.07, 6.45) is 0.267. The average molecular weight is 251 g/mol. The van der Waals surface area contributed by atoms with Crippen LogP contribution in [0.1, 0.15) is 0 Å². The summed E-state index contributed by atoms with van der Waals surface area (Å²) in [7, 11) is 1.81. The Labute approximate surface area is 104 Å². The van der Waals surface area contributed by atoms with Crippen molar-refractivity contribution in [3.8, 4) is 5.75 Å². The number of benzene rings is 1. The highest BCUT2D eigenvalue weighted by Crippen LogP contribution is 2.37. The zero-order chi connectivity index (χ0) is 11.8. The molecular weight excluding hydrogens is 238 g/mol. The van der Waals surface area contributed by atoms with E-state index in [0.29, 0.717) is 12.4 Å². The number of nitrogens with zero attached hydrogens (tertiary/aromatic N) is 1. The lowest BCUT2D eigenvalue weighted by atomic mass is 10.2. The molecule has 17 heavy (non-hydrogen) atoms. The Bertz CT molecular complexity index is 459. The molecule has 1 amide bonds. The standard InChI is InChI=1S/C12H13NO3S/c1-13-10-3-2-8(15-5-9-6-16-9)4-11(10)17-7-12(13)14/h2-4,9H,5-7H2,1H3. The lowest BCUT2D eigenvalue weighted by Gasteiger charge is -2.25. The largest absolute Gasteiger partial charge is 0.491 e. The Kier molecular flexibility index (Phi) is 2.72. The predicted molar refractivity (Wildman–Crippen MR) is 65.8 cm³/mol. The first-order valence-corrected chi connectivity index (χ1v) is 6.50. The monoisotopic (exact) mass is 251 g/mol. The zero-order valence-corrected chi connectivity index (χ0v) is 10.3. The third-order valence-electron chi connectivity index (χ3n) is 2.86. The molecule has 4 nitrogen and oxygen atoms in total. The number of epoxide rings is 1. The predicted octanol–water partition coefficient (Wildman–Crippen LogP) is 1.53. The molecule has 1 unspecified atom stereocenters. The molecule has 0 aromatic heterocycles. The molecule has 1 aromatic rings. The third-order valence-corrected chi connectivity index (χ3v) is 3.89. The van der Waals surface area contributed by atoms with Crippen LogP contribution in [-0.4, -0.2) is 38.0 Å². The van der Waals surface area contributed by atoms with Gasteiger partial charge in [-0.05, 0) is 18.2 Å². The first-order valence-electron chi connectivity index (χ1n) is 5.52. The normalized spacial score (nSPS) is 22.3. The van der Waals surface area contributed by atoms with Crippen LogP contribution in [0.2, 0.25) is 0 Å². The first-order chi connectivity index (χ1) is 8.24. The molecule has 1 aromatic carbocycles. The fraction of sp³-hybridized carbons (Fsp3) is 0.417. The molecule has 90 valence electrons. The van der Waals surface area contributed by atoms with Crippen LogP contribution in [0, 0.1) is 0 Å². The van der Waals surface area contributed by atoms with Crippen molar-refractivity contribution in [2.24, 2.45) is 0 Å². The lowest BCUT2D eigenvalue weighted by molar-refractivity contribution is -0.116. The third kappa shape index (κ3) is 2.25. The number of hydrogen-bond acceptors (Lipinski definition) is 4. The van der Waals surface area contributed by atoms with Crippen LogP contribution < -0.4 is 9.64 Å². The molecule has 1 atom stereocenters. The van der Waals surface area contributed by atoms with E-state index in [1.165, 1.54) is 0 Å². The first kappa shape index (κ1) is 10.9. The minimum Gasteiger partial charge on any atom is -0.491 e. The van der Waals surface area contributed by atoms with Crippen LogP contribution in [0.4, 0.5) is 5.69 Å². The molecule has 1 saturated heterocycles. The van der Waals surface area contributed by atoms with Crippen molar-refractivity contribution < 1.29 is 14.3 Å². The van der Waals surface area contributed by atoms with Crippen LogP contribution in [0.25, 0.3) is 0 Å². The molecule has 3 rings (SSSR count). The topological polar surface area (TPSA) is 42.1 Å². The van der Waals surface area contributed by atoms with Crippen molar-refractivity contribution in [1.82, 2.24) is 0 Å². The van der Waals surface area contributed by atoms with E-state index in [1.807, 2.05) is 18.2 Å². The molecular formula is C12H13NO3S. The molecule has 2 aliphatic heterocycles. The summed E-state index contributed by atoms with van der Waals surface area (Å²) in [5.41, 5.74) is 0.960. The SMILES string of the molecule is CN1C(=O)CSc2cc(OCC3CO3)ccc21. The van der Waals surface area contributed by atoms with Crippen molar-refractivity contribution in [2.45, 2.75) is 11.0 Å². The average Bonchev–Trinajstić information content (AvgIpc) is 3.15. The van der Waals surface area contributed by atoms with Gasteiger partial charge < -0.3 is 14.4 Å². The Morgan fingerprint density at radius 2 is 2.41 bits per heavy atom. The van der Waals surface area contributed by atoms with Crippen LogP contribution in [0.5, 0.6) is 5.75 Å². The summed E-state index contributed by atoms with van der Waals surface area (Å²) in [5.74, 6) is 1.48.